The first-order valence-electron chi connectivity index (χ1n) is 7.28. The quantitative estimate of drug-likeness (QED) is 0.918. The molecule has 0 saturated carbocycles. The molecule has 2 heterocycles. The van der Waals surface area contributed by atoms with Gasteiger partial charge in [-0.25, -0.2) is 9.78 Å². The van der Waals surface area contributed by atoms with Crippen LogP contribution in [0.25, 0.3) is 0 Å². The molecule has 1 aliphatic rings. The monoisotopic (exact) mass is 277 g/mol. The Morgan fingerprint density at radius 1 is 1.55 bits per heavy atom. The highest BCUT2D eigenvalue weighted by atomic mass is 16.5. The summed E-state index contributed by atoms with van der Waals surface area (Å²) < 4.78 is 5.74. The number of urea groups is 1. The van der Waals surface area contributed by atoms with Crippen molar-refractivity contribution < 1.29 is 9.53 Å². The van der Waals surface area contributed by atoms with E-state index >= 15 is 0 Å². The number of aryl methyl sites for hydroxylation is 1. The first kappa shape index (κ1) is 14.6. The molecule has 20 heavy (non-hydrogen) atoms. The minimum atomic E-state index is 0.0332. The first-order valence-corrected chi connectivity index (χ1v) is 7.28. The molecule has 1 N–H and O–H groups in total. The summed E-state index contributed by atoms with van der Waals surface area (Å²) in [6.45, 7) is 6.77. The molecule has 0 aliphatic carbocycles. The fraction of sp³-hybridized carbons (Fsp3) is 0.600. The number of amides is 2. The molecule has 1 aliphatic heterocycles. The van der Waals surface area contributed by atoms with E-state index in [1.807, 2.05) is 36.9 Å². The summed E-state index contributed by atoms with van der Waals surface area (Å²) in [4.78, 5) is 18.0. The van der Waals surface area contributed by atoms with Crippen LogP contribution < -0.4 is 10.1 Å². The predicted octanol–water partition coefficient (Wildman–Crippen LogP) is 2.21. The summed E-state index contributed by atoms with van der Waals surface area (Å²) in [7, 11) is 0. The van der Waals surface area contributed by atoms with Gasteiger partial charge in [-0.3, -0.25) is 0 Å². The van der Waals surface area contributed by atoms with E-state index in [-0.39, 0.29) is 6.03 Å². The van der Waals surface area contributed by atoms with Gasteiger partial charge < -0.3 is 15.0 Å². The lowest BCUT2D eigenvalue weighted by Crippen LogP contribution is -2.46. The zero-order valence-electron chi connectivity index (χ0n) is 12.3. The van der Waals surface area contributed by atoms with Crippen LogP contribution in [0.1, 0.15) is 25.5 Å². The van der Waals surface area contributed by atoms with Crippen LogP contribution in [0.3, 0.4) is 0 Å². The van der Waals surface area contributed by atoms with Gasteiger partial charge in [0.15, 0.2) is 0 Å². The molecule has 5 nitrogen and oxygen atoms in total. The van der Waals surface area contributed by atoms with E-state index in [4.69, 9.17) is 4.74 Å². The van der Waals surface area contributed by atoms with Crippen molar-refractivity contribution in [2.75, 3.05) is 26.2 Å². The van der Waals surface area contributed by atoms with E-state index in [0.29, 0.717) is 24.9 Å². The van der Waals surface area contributed by atoms with E-state index in [2.05, 4.69) is 10.3 Å². The second-order valence-corrected chi connectivity index (χ2v) is 5.22. The van der Waals surface area contributed by atoms with Gasteiger partial charge >= 0.3 is 6.03 Å². The Labute approximate surface area is 120 Å². The number of hydrogen-bond donors (Lipinski definition) is 1. The molecule has 0 aromatic carbocycles. The molecule has 1 fully saturated rings. The van der Waals surface area contributed by atoms with E-state index in [0.717, 1.165) is 31.6 Å². The van der Waals surface area contributed by atoms with Gasteiger partial charge in [0.2, 0.25) is 5.88 Å². The summed E-state index contributed by atoms with van der Waals surface area (Å²) in [5.74, 6) is 1.05. The Balaban J connectivity index is 1.82. The zero-order chi connectivity index (χ0) is 14.4. The third-order valence-electron chi connectivity index (χ3n) is 3.46. The molecule has 1 aromatic rings. The molecule has 0 bridgehead atoms. The van der Waals surface area contributed by atoms with E-state index in [1.165, 1.54) is 0 Å². The molecule has 1 unspecified atom stereocenters. The second kappa shape index (κ2) is 7.12. The summed E-state index contributed by atoms with van der Waals surface area (Å²) >= 11 is 0. The number of pyridine rings is 1. The van der Waals surface area contributed by atoms with Gasteiger partial charge in [-0.15, -0.1) is 0 Å². The molecular formula is C15H23N3O2. The van der Waals surface area contributed by atoms with Crippen molar-refractivity contribution in [1.29, 1.82) is 0 Å². The summed E-state index contributed by atoms with van der Waals surface area (Å²) in [6.07, 6.45) is 2.13. The normalized spacial score (nSPS) is 18.7. The van der Waals surface area contributed by atoms with E-state index < -0.39 is 0 Å². The number of likely N-dealkylation sites (tertiary alicyclic amines) is 1. The van der Waals surface area contributed by atoms with Crippen LogP contribution in [0.4, 0.5) is 4.79 Å². The van der Waals surface area contributed by atoms with Crippen LogP contribution in [0, 0.1) is 12.8 Å². The molecule has 5 heteroatoms. The highest BCUT2D eigenvalue weighted by Crippen LogP contribution is 2.18. The maximum Gasteiger partial charge on any atom is 0.317 e. The van der Waals surface area contributed by atoms with Crippen molar-refractivity contribution in [1.82, 2.24) is 15.2 Å². The minimum absolute atomic E-state index is 0.0332. The standard InChI is InChI=1S/C15H23N3O2/c1-3-16-15(19)18-9-5-7-13(10-18)11-20-14-8-4-6-12(2)17-14/h4,6,8,13H,3,5,7,9-11H2,1-2H3,(H,16,19). The largest absolute Gasteiger partial charge is 0.477 e. The lowest BCUT2D eigenvalue weighted by molar-refractivity contribution is 0.136. The first-order chi connectivity index (χ1) is 9.69. The SMILES string of the molecule is CCNC(=O)N1CCCC(COc2cccc(C)n2)C1. The van der Waals surface area contributed by atoms with Gasteiger partial charge in [-0.2, -0.15) is 0 Å². The molecule has 1 saturated heterocycles. The Bertz CT molecular complexity index is 450. The zero-order valence-corrected chi connectivity index (χ0v) is 12.3. The Kier molecular flexibility index (Phi) is 5.21. The number of piperidine rings is 1. The molecule has 0 spiro atoms. The van der Waals surface area contributed by atoms with Crippen LogP contribution >= 0.6 is 0 Å². The van der Waals surface area contributed by atoms with Crippen molar-refractivity contribution in [2.24, 2.45) is 5.92 Å². The molecule has 2 amide bonds. The van der Waals surface area contributed by atoms with E-state index in [9.17, 15) is 4.79 Å². The number of carbonyl (C=O) groups is 1. The van der Waals surface area contributed by atoms with Gasteiger partial charge in [0, 0.05) is 37.3 Å². The molecule has 1 aromatic heterocycles. The number of nitrogens with one attached hydrogen (secondary N) is 1. The van der Waals surface area contributed by atoms with Crippen LogP contribution in [-0.2, 0) is 0 Å². The molecule has 110 valence electrons. The van der Waals surface area contributed by atoms with Gasteiger partial charge in [-0.05, 0) is 32.8 Å². The predicted molar refractivity (Wildman–Crippen MR) is 77.8 cm³/mol. The Morgan fingerprint density at radius 2 is 2.40 bits per heavy atom. The van der Waals surface area contributed by atoms with Crippen molar-refractivity contribution >= 4 is 6.03 Å². The van der Waals surface area contributed by atoms with Crippen molar-refractivity contribution in [3.05, 3.63) is 23.9 Å². The van der Waals surface area contributed by atoms with Gasteiger partial charge in [0.25, 0.3) is 0 Å². The number of aromatic nitrogens is 1. The maximum absolute atomic E-state index is 11.8. The number of carbonyl (C=O) groups excluding carboxylic acids is 1. The molecular weight excluding hydrogens is 254 g/mol. The molecule has 0 radical (unpaired) electrons. The third kappa shape index (κ3) is 4.11. The highest BCUT2D eigenvalue weighted by molar-refractivity contribution is 5.74. The van der Waals surface area contributed by atoms with Crippen molar-refractivity contribution in [3.8, 4) is 5.88 Å². The molecule has 1 atom stereocenters. The van der Waals surface area contributed by atoms with Gasteiger partial charge in [0.1, 0.15) is 0 Å². The average molecular weight is 277 g/mol. The fourth-order valence-electron chi connectivity index (χ4n) is 2.45. The minimum Gasteiger partial charge on any atom is -0.477 e. The maximum atomic E-state index is 11.8. The molecule has 2 rings (SSSR count). The topological polar surface area (TPSA) is 54.5 Å². The van der Waals surface area contributed by atoms with Crippen molar-refractivity contribution in [2.45, 2.75) is 26.7 Å². The summed E-state index contributed by atoms with van der Waals surface area (Å²) in [5, 5.41) is 2.85. The average Bonchev–Trinajstić information content (AvgIpc) is 2.46. The third-order valence-corrected chi connectivity index (χ3v) is 3.46. The van der Waals surface area contributed by atoms with Gasteiger partial charge in [-0.1, -0.05) is 6.07 Å². The van der Waals surface area contributed by atoms with Gasteiger partial charge in [0.05, 0.1) is 6.61 Å². The second-order valence-electron chi connectivity index (χ2n) is 5.22. The fourth-order valence-corrected chi connectivity index (χ4v) is 2.45. The summed E-state index contributed by atoms with van der Waals surface area (Å²) in [5.41, 5.74) is 0.954. The van der Waals surface area contributed by atoms with Crippen LogP contribution in [-0.4, -0.2) is 42.2 Å². The highest BCUT2D eigenvalue weighted by Gasteiger charge is 2.23. The number of nitrogens with zero attached hydrogens (tertiary/aromatic N) is 2. The van der Waals surface area contributed by atoms with Crippen LogP contribution in [0.2, 0.25) is 0 Å². The van der Waals surface area contributed by atoms with Crippen LogP contribution in [0.5, 0.6) is 5.88 Å². The lowest BCUT2D eigenvalue weighted by atomic mass is 9.99. The Morgan fingerprint density at radius 3 is 3.15 bits per heavy atom. The lowest BCUT2D eigenvalue weighted by Gasteiger charge is -2.32. The number of hydrogen-bond acceptors (Lipinski definition) is 3. The summed E-state index contributed by atoms with van der Waals surface area (Å²) in [6, 6.07) is 5.80. The number of rotatable bonds is 4. The Hall–Kier alpha value is -1.78. The number of ether oxygens (including phenoxy) is 1. The smallest absolute Gasteiger partial charge is 0.317 e. The van der Waals surface area contributed by atoms with E-state index in [1.54, 1.807) is 0 Å². The van der Waals surface area contributed by atoms with Crippen LogP contribution in [0.15, 0.2) is 18.2 Å². The van der Waals surface area contributed by atoms with Crippen molar-refractivity contribution in [3.63, 3.8) is 0 Å².